The van der Waals surface area contributed by atoms with Crippen LogP contribution < -0.4 is 14.8 Å². The third-order valence-corrected chi connectivity index (χ3v) is 5.63. The van der Waals surface area contributed by atoms with Crippen LogP contribution in [0.25, 0.3) is 11.1 Å². The number of fused-ring (bicyclic) bond motifs is 2. The summed E-state index contributed by atoms with van der Waals surface area (Å²) in [5, 5.41) is 2.78. The van der Waals surface area contributed by atoms with Crippen molar-refractivity contribution in [1.29, 1.82) is 0 Å². The molecule has 0 aromatic heterocycles. The van der Waals surface area contributed by atoms with E-state index in [9.17, 15) is 9.59 Å². The van der Waals surface area contributed by atoms with Crippen molar-refractivity contribution in [3.8, 4) is 22.6 Å². The van der Waals surface area contributed by atoms with E-state index in [0.717, 1.165) is 16.9 Å². The van der Waals surface area contributed by atoms with Gasteiger partial charge >= 0.3 is 6.03 Å². The average Bonchev–Trinajstić information content (AvgIpc) is 3.16. The summed E-state index contributed by atoms with van der Waals surface area (Å²) in [6, 6.07) is 13.0. The van der Waals surface area contributed by atoms with Gasteiger partial charge in [-0.25, -0.2) is 4.79 Å². The number of hydrogen-bond acceptors (Lipinski definition) is 4. The van der Waals surface area contributed by atoms with Crippen LogP contribution in [0.1, 0.15) is 10.4 Å². The Bertz CT molecular complexity index is 990. The topological polar surface area (TPSA) is 71.1 Å². The maximum Gasteiger partial charge on any atom is 0.317 e. The van der Waals surface area contributed by atoms with Crippen LogP contribution in [0, 0.1) is 0 Å². The minimum atomic E-state index is -0.296. The highest BCUT2D eigenvalue weighted by Crippen LogP contribution is 2.34. The number of carbonyl (C=O) groups is 2. The van der Waals surface area contributed by atoms with E-state index in [1.165, 1.54) is 0 Å². The number of benzene rings is 2. The molecule has 2 atom stereocenters. The number of carbonyl (C=O) groups excluding carboxylic acids is 2. The highest BCUT2D eigenvalue weighted by molar-refractivity contribution is 5.98. The summed E-state index contributed by atoms with van der Waals surface area (Å²) in [6.07, 6.45) is 1.34. The molecule has 0 saturated carbocycles. The van der Waals surface area contributed by atoms with Gasteiger partial charge in [0.2, 0.25) is 0 Å². The summed E-state index contributed by atoms with van der Waals surface area (Å²) >= 11 is 0. The van der Waals surface area contributed by atoms with Crippen LogP contribution in [-0.2, 0) is 0 Å². The van der Waals surface area contributed by atoms with Gasteiger partial charge in [0.25, 0.3) is 5.91 Å². The maximum absolute atomic E-state index is 13.1. The van der Waals surface area contributed by atoms with Crippen LogP contribution in [0.2, 0.25) is 0 Å². The highest BCUT2D eigenvalue weighted by Gasteiger charge is 2.43. The summed E-state index contributed by atoms with van der Waals surface area (Å²) in [6.45, 7) is 4.85. The number of nitrogens with zero attached hydrogens (tertiary/aromatic N) is 2. The number of amides is 3. The number of likely N-dealkylation sites (N-methyl/N-ethyl adjacent to an activating group) is 1. The minimum absolute atomic E-state index is 0.108. The second-order valence-corrected chi connectivity index (χ2v) is 7.46. The molecule has 0 aliphatic carbocycles. The van der Waals surface area contributed by atoms with Gasteiger partial charge in [0.1, 0.15) is 17.6 Å². The summed E-state index contributed by atoms with van der Waals surface area (Å²) in [7, 11) is 3.39. The number of likely N-dealkylation sites (tertiary alicyclic amines) is 1. The van der Waals surface area contributed by atoms with Crippen LogP contribution in [0.15, 0.2) is 55.1 Å². The van der Waals surface area contributed by atoms with Crippen molar-refractivity contribution in [3.05, 3.63) is 60.7 Å². The lowest BCUT2D eigenvalue weighted by Gasteiger charge is -2.25. The van der Waals surface area contributed by atoms with Crippen molar-refractivity contribution >= 4 is 11.9 Å². The average molecular weight is 407 g/mol. The smallest absolute Gasteiger partial charge is 0.317 e. The first-order valence-electron chi connectivity index (χ1n) is 9.87. The molecule has 0 bridgehead atoms. The molecule has 2 aromatic carbocycles. The maximum atomic E-state index is 13.1. The molecule has 2 aliphatic heterocycles. The molecule has 156 valence electrons. The fourth-order valence-electron chi connectivity index (χ4n) is 3.96. The first-order valence-corrected chi connectivity index (χ1v) is 9.87. The Labute approximate surface area is 175 Å². The van der Waals surface area contributed by atoms with E-state index in [-0.39, 0.29) is 24.1 Å². The van der Waals surface area contributed by atoms with Crippen LogP contribution in [0.4, 0.5) is 4.79 Å². The van der Waals surface area contributed by atoms with Crippen molar-refractivity contribution in [1.82, 2.24) is 15.1 Å². The molecule has 2 aromatic rings. The van der Waals surface area contributed by atoms with Crippen molar-refractivity contribution < 1.29 is 19.1 Å². The lowest BCUT2D eigenvalue weighted by atomic mass is 10.0. The van der Waals surface area contributed by atoms with E-state index in [2.05, 4.69) is 11.9 Å². The summed E-state index contributed by atoms with van der Waals surface area (Å²) in [5.74, 6) is 1.19. The van der Waals surface area contributed by atoms with Gasteiger partial charge in [-0.3, -0.25) is 4.79 Å². The number of hydrogen-bond donors (Lipinski definition) is 1. The molecule has 1 fully saturated rings. The summed E-state index contributed by atoms with van der Waals surface area (Å²) in [4.78, 5) is 28.8. The van der Waals surface area contributed by atoms with Crippen molar-refractivity contribution in [2.75, 3.05) is 33.8 Å². The van der Waals surface area contributed by atoms with Gasteiger partial charge < -0.3 is 24.6 Å². The Balaban J connectivity index is 1.63. The van der Waals surface area contributed by atoms with E-state index in [1.807, 2.05) is 36.4 Å². The fraction of sp³-hybridized carbons (Fsp3) is 0.304. The first-order chi connectivity index (χ1) is 14.5. The molecular weight excluding hydrogens is 382 g/mol. The predicted octanol–water partition coefficient (Wildman–Crippen LogP) is 2.78. The van der Waals surface area contributed by atoms with Gasteiger partial charge in [0.15, 0.2) is 0 Å². The molecule has 0 radical (unpaired) electrons. The van der Waals surface area contributed by atoms with Gasteiger partial charge in [-0.1, -0.05) is 24.3 Å². The molecule has 4 rings (SSSR count). The highest BCUT2D eigenvalue weighted by atomic mass is 16.5. The first kappa shape index (κ1) is 19.8. The standard InChI is InChI=1S/C23H25N3O4/c1-4-10-24-23(28)26-13-19-21(14-26)30-20-12-16(8-9-18(20)22(27)25(19)2)15-6-5-7-17(11-15)29-3/h4-9,11-12,19,21H,1,10,13-14H2,2-3H3,(H,24,28)/t19-,21+/m1/s1. The lowest BCUT2D eigenvalue weighted by Crippen LogP contribution is -2.44. The zero-order valence-electron chi connectivity index (χ0n) is 17.1. The SMILES string of the molecule is C=CCNC(=O)N1C[C@@H]2Oc3cc(-c4cccc(OC)c4)ccc3C(=O)N(C)[C@@H]2C1. The van der Waals surface area contributed by atoms with E-state index in [4.69, 9.17) is 9.47 Å². The number of nitrogens with one attached hydrogen (secondary N) is 1. The lowest BCUT2D eigenvalue weighted by molar-refractivity contribution is 0.0682. The molecule has 0 unspecified atom stereocenters. The monoisotopic (exact) mass is 407 g/mol. The van der Waals surface area contributed by atoms with E-state index >= 15 is 0 Å². The Morgan fingerprint density at radius 3 is 2.83 bits per heavy atom. The molecule has 2 aliphatic rings. The summed E-state index contributed by atoms with van der Waals surface area (Å²) in [5.41, 5.74) is 2.43. The van der Waals surface area contributed by atoms with Crippen molar-refractivity contribution in [3.63, 3.8) is 0 Å². The second kappa shape index (κ2) is 8.10. The van der Waals surface area contributed by atoms with Gasteiger partial charge in [0, 0.05) is 20.1 Å². The van der Waals surface area contributed by atoms with E-state index < -0.39 is 0 Å². The number of urea groups is 1. The number of rotatable bonds is 4. The number of methoxy groups -OCH3 is 1. The normalized spacial score (nSPS) is 20.0. The van der Waals surface area contributed by atoms with Gasteiger partial charge in [-0.2, -0.15) is 0 Å². The Kier molecular flexibility index (Phi) is 5.35. The van der Waals surface area contributed by atoms with Crippen LogP contribution in [-0.4, -0.2) is 67.7 Å². The fourth-order valence-corrected chi connectivity index (χ4v) is 3.96. The molecule has 1 N–H and O–H groups in total. The third-order valence-electron chi connectivity index (χ3n) is 5.63. The van der Waals surface area contributed by atoms with Gasteiger partial charge in [-0.05, 0) is 35.4 Å². The molecule has 7 heteroatoms. The van der Waals surface area contributed by atoms with Crippen molar-refractivity contribution in [2.24, 2.45) is 0 Å². The van der Waals surface area contributed by atoms with Gasteiger partial charge in [-0.15, -0.1) is 6.58 Å². The van der Waals surface area contributed by atoms with Crippen molar-refractivity contribution in [2.45, 2.75) is 12.1 Å². The second-order valence-electron chi connectivity index (χ2n) is 7.46. The van der Waals surface area contributed by atoms with E-state index in [0.29, 0.717) is 30.9 Å². The Morgan fingerprint density at radius 2 is 2.07 bits per heavy atom. The molecule has 30 heavy (non-hydrogen) atoms. The molecule has 1 saturated heterocycles. The Hall–Kier alpha value is -3.48. The molecule has 7 nitrogen and oxygen atoms in total. The van der Waals surface area contributed by atoms with Crippen LogP contribution in [0.5, 0.6) is 11.5 Å². The third kappa shape index (κ3) is 3.58. The molecule has 3 amide bonds. The predicted molar refractivity (Wildman–Crippen MR) is 114 cm³/mol. The number of ether oxygens (including phenoxy) is 2. The van der Waals surface area contributed by atoms with Gasteiger partial charge in [0.05, 0.1) is 25.3 Å². The zero-order chi connectivity index (χ0) is 21.3. The largest absolute Gasteiger partial charge is 0.497 e. The summed E-state index contributed by atoms with van der Waals surface area (Å²) < 4.78 is 11.6. The van der Waals surface area contributed by atoms with E-state index in [1.54, 1.807) is 36.1 Å². The minimum Gasteiger partial charge on any atom is -0.497 e. The quantitative estimate of drug-likeness (QED) is 0.792. The van der Waals surface area contributed by atoms with Crippen LogP contribution >= 0.6 is 0 Å². The molecule has 2 heterocycles. The Morgan fingerprint density at radius 1 is 1.27 bits per heavy atom. The molecular formula is C23H25N3O4. The van der Waals surface area contributed by atoms with Crippen LogP contribution in [0.3, 0.4) is 0 Å². The molecule has 0 spiro atoms. The zero-order valence-corrected chi connectivity index (χ0v) is 17.1.